The molecule has 1 aliphatic rings. The topological polar surface area (TPSA) is 58.6 Å². The van der Waals surface area contributed by atoms with Crippen molar-refractivity contribution in [1.82, 2.24) is 10.2 Å². The molecule has 1 N–H and O–H groups in total. The Bertz CT molecular complexity index is 907. The van der Waals surface area contributed by atoms with Crippen LogP contribution in [0.4, 0.5) is 9.18 Å². The number of ether oxygens (including phenoxy) is 1. The van der Waals surface area contributed by atoms with Crippen molar-refractivity contribution in [2.45, 2.75) is 6.54 Å². The van der Waals surface area contributed by atoms with E-state index >= 15 is 0 Å². The lowest BCUT2D eigenvalue weighted by Crippen LogP contribution is -2.30. The molecule has 0 atom stereocenters. The van der Waals surface area contributed by atoms with Crippen LogP contribution < -0.4 is 10.1 Å². The summed E-state index contributed by atoms with van der Waals surface area (Å²) < 4.78 is 20.4. The molecular weight excluding hydrogens is 471 g/mol. The fourth-order valence-corrected chi connectivity index (χ4v) is 4.08. The standard InChI is InChI=1S/C18H13Br2FN2O3/c1-26-16-12(19)6-10(7-13(16)20)8-15-17(24)23(18(25)22-15)9-11-4-2-3-5-14(11)21/h2-8H,9H2,1H3,(H,22,25)/b15-8+. The number of halogens is 3. The maximum absolute atomic E-state index is 13.8. The predicted molar refractivity (Wildman–Crippen MR) is 102 cm³/mol. The van der Waals surface area contributed by atoms with E-state index in [0.29, 0.717) is 20.3 Å². The number of nitrogens with zero attached hydrogens (tertiary/aromatic N) is 1. The number of urea groups is 1. The van der Waals surface area contributed by atoms with Gasteiger partial charge in [0.15, 0.2) is 0 Å². The van der Waals surface area contributed by atoms with Crippen molar-refractivity contribution >= 4 is 49.9 Å². The molecule has 0 unspecified atom stereocenters. The number of carbonyl (C=O) groups excluding carboxylic acids is 2. The van der Waals surface area contributed by atoms with E-state index in [0.717, 1.165) is 4.90 Å². The molecule has 0 spiro atoms. The lowest BCUT2D eigenvalue weighted by molar-refractivity contribution is -0.123. The van der Waals surface area contributed by atoms with Gasteiger partial charge < -0.3 is 10.1 Å². The summed E-state index contributed by atoms with van der Waals surface area (Å²) in [7, 11) is 1.55. The molecule has 1 fully saturated rings. The van der Waals surface area contributed by atoms with Crippen LogP contribution in [-0.2, 0) is 11.3 Å². The van der Waals surface area contributed by atoms with Gasteiger partial charge in [-0.2, -0.15) is 0 Å². The highest BCUT2D eigenvalue weighted by atomic mass is 79.9. The SMILES string of the molecule is COc1c(Br)cc(/C=C2/NC(=O)N(Cc3ccccc3F)C2=O)cc1Br. The molecular formula is C18H13Br2FN2O3. The summed E-state index contributed by atoms with van der Waals surface area (Å²) in [4.78, 5) is 25.6. The first-order chi connectivity index (χ1) is 12.4. The molecule has 0 saturated carbocycles. The van der Waals surface area contributed by atoms with Crippen molar-refractivity contribution in [2.24, 2.45) is 0 Å². The fraction of sp³-hybridized carbons (Fsp3) is 0.111. The van der Waals surface area contributed by atoms with Crippen LogP contribution in [0.25, 0.3) is 6.08 Å². The summed E-state index contributed by atoms with van der Waals surface area (Å²) in [6.07, 6.45) is 1.55. The molecule has 0 bridgehead atoms. The number of hydrogen-bond donors (Lipinski definition) is 1. The first-order valence-corrected chi connectivity index (χ1v) is 9.10. The third-order valence-electron chi connectivity index (χ3n) is 3.78. The van der Waals surface area contributed by atoms with Crippen molar-refractivity contribution in [1.29, 1.82) is 0 Å². The van der Waals surface area contributed by atoms with Crippen molar-refractivity contribution < 1.29 is 18.7 Å². The zero-order chi connectivity index (χ0) is 18.8. The first-order valence-electron chi connectivity index (χ1n) is 7.51. The molecule has 1 aliphatic heterocycles. The summed E-state index contributed by atoms with van der Waals surface area (Å²) in [6.45, 7) is -0.134. The van der Waals surface area contributed by atoms with Crippen LogP contribution in [0.5, 0.6) is 5.75 Å². The molecule has 5 nitrogen and oxygen atoms in total. The third kappa shape index (κ3) is 3.66. The van der Waals surface area contributed by atoms with Crippen molar-refractivity contribution in [3.05, 3.63) is 68.0 Å². The third-order valence-corrected chi connectivity index (χ3v) is 4.96. The number of methoxy groups -OCH3 is 1. The van der Waals surface area contributed by atoms with Crippen LogP contribution in [-0.4, -0.2) is 23.9 Å². The zero-order valence-corrected chi connectivity index (χ0v) is 16.7. The summed E-state index contributed by atoms with van der Waals surface area (Å²) in [6, 6.07) is 8.96. The van der Waals surface area contributed by atoms with Crippen LogP contribution in [0.1, 0.15) is 11.1 Å². The molecule has 0 radical (unpaired) electrons. The Hall–Kier alpha value is -2.19. The highest BCUT2D eigenvalue weighted by Gasteiger charge is 2.34. The Balaban J connectivity index is 1.87. The number of hydrogen-bond acceptors (Lipinski definition) is 3. The van der Waals surface area contributed by atoms with Gasteiger partial charge in [-0.15, -0.1) is 0 Å². The van der Waals surface area contributed by atoms with E-state index < -0.39 is 17.8 Å². The second-order valence-electron chi connectivity index (χ2n) is 5.49. The summed E-state index contributed by atoms with van der Waals surface area (Å²) in [5, 5.41) is 2.52. The van der Waals surface area contributed by atoms with E-state index in [-0.39, 0.29) is 17.8 Å². The van der Waals surface area contributed by atoms with Gasteiger partial charge in [0.1, 0.15) is 17.3 Å². The lowest BCUT2D eigenvalue weighted by Gasteiger charge is -2.12. The quantitative estimate of drug-likeness (QED) is 0.516. The molecule has 0 aromatic heterocycles. The summed E-state index contributed by atoms with van der Waals surface area (Å²) >= 11 is 6.78. The number of amides is 3. The fourth-order valence-electron chi connectivity index (χ4n) is 2.54. The van der Waals surface area contributed by atoms with E-state index in [4.69, 9.17) is 4.74 Å². The summed E-state index contributed by atoms with van der Waals surface area (Å²) in [5.41, 5.74) is 1.07. The van der Waals surface area contributed by atoms with Crippen LogP contribution in [0.3, 0.4) is 0 Å². The average Bonchev–Trinajstić information content (AvgIpc) is 2.84. The van der Waals surface area contributed by atoms with Gasteiger partial charge in [0.25, 0.3) is 5.91 Å². The average molecular weight is 484 g/mol. The molecule has 2 aromatic carbocycles. The molecule has 0 aliphatic carbocycles. The smallest absolute Gasteiger partial charge is 0.329 e. The first kappa shape index (κ1) is 18.6. The van der Waals surface area contributed by atoms with Crippen LogP contribution >= 0.6 is 31.9 Å². The Morgan fingerprint density at radius 2 is 1.85 bits per heavy atom. The molecule has 3 rings (SSSR count). The predicted octanol–water partition coefficient (Wildman–Crippen LogP) is 4.45. The van der Waals surface area contributed by atoms with Gasteiger partial charge in [-0.3, -0.25) is 9.69 Å². The molecule has 8 heteroatoms. The summed E-state index contributed by atoms with van der Waals surface area (Å²) in [5.74, 6) is -0.357. The van der Waals surface area contributed by atoms with Crippen molar-refractivity contribution in [3.8, 4) is 5.75 Å². The number of nitrogens with one attached hydrogen (secondary N) is 1. The van der Waals surface area contributed by atoms with Crippen molar-refractivity contribution in [3.63, 3.8) is 0 Å². The largest absolute Gasteiger partial charge is 0.494 e. The van der Waals surface area contributed by atoms with Gasteiger partial charge in [0.05, 0.1) is 22.6 Å². The Labute approximate surface area is 166 Å². The van der Waals surface area contributed by atoms with Crippen LogP contribution in [0.15, 0.2) is 51.0 Å². The van der Waals surface area contributed by atoms with Gasteiger partial charge >= 0.3 is 6.03 Å². The molecule has 134 valence electrons. The molecule has 2 aromatic rings. The number of benzene rings is 2. The van der Waals surface area contributed by atoms with Crippen molar-refractivity contribution in [2.75, 3.05) is 7.11 Å². The monoisotopic (exact) mass is 482 g/mol. The molecule has 26 heavy (non-hydrogen) atoms. The van der Waals surface area contributed by atoms with E-state index in [9.17, 15) is 14.0 Å². The maximum Gasteiger partial charge on any atom is 0.329 e. The van der Waals surface area contributed by atoms with E-state index in [1.807, 2.05) is 0 Å². The highest BCUT2D eigenvalue weighted by molar-refractivity contribution is 9.11. The second kappa shape index (κ2) is 7.59. The van der Waals surface area contributed by atoms with Crippen LogP contribution in [0.2, 0.25) is 0 Å². The molecule has 3 amide bonds. The van der Waals surface area contributed by atoms with Gasteiger partial charge in [-0.05, 0) is 61.7 Å². The van der Waals surface area contributed by atoms with Gasteiger partial charge in [0, 0.05) is 5.56 Å². The number of carbonyl (C=O) groups is 2. The number of imide groups is 1. The minimum Gasteiger partial charge on any atom is -0.494 e. The minimum absolute atomic E-state index is 0.121. The van der Waals surface area contributed by atoms with E-state index in [1.54, 1.807) is 37.5 Å². The van der Waals surface area contributed by atoms with Crippen LogP contribution in [0, 0.1) is 5.82 Å². The van der Waals surface area contributed by atoms with E-state index in [2.05, 4.69) is 37.2 Å². The Morgan fingerprint density at radius 1 is 1.19 bits per heavy atom. The normalized spacial score (nSPS) is 15.5. The zero-order valence-electron chi connectivity index (χ0n) is 13.6. The van der Waals surface area contributed by atoms with Gasteiger partial charge in [-0.1, -0.05) is 18.2 Å². The molecule has 1 heterocycles. The maximum atomic E-state index is 13.8. The highest BCUT2D eigenvalue weighted by Crippen LogP contribution is 2.35. The molecule has 1 saturated heterocycles. The van der Waals surface area contributed by atoms with E-state index in [1.165, 1.54) is 12.1 Å². The minimum atomic E-state index is -0.587. The van der Waals surface area contributed by atoms with Gasteiger partial charge in [0.2, 0.25) is 0 Å². The second-order valence-corrected chi connectivity index (χ2v) is 7.20. The Kier molecular flexibility index (Phi) is 5.43. The van der Waals surface area contributed by atoms with Gasteiger partial charge in [-0.25, -0.2) is 9.18 Å². The lowest BCUT2D eigenvalue weighted by atomic mass is 10.1. The Morgan fingerprint density at radius 3 is 2.46 bits per heavy atom. The number of rotatable bonds is 4.